The van der Waals surface area contributed by atoms with Crippen LogP contribution in [0.2, 0.25) is 0 Å². The Labute approximate surface area is 230 Å². The van der Waals surface area contributed by atoms with Gasteiger partial charge in [0.25, 0.3) is 11.8 Å². The van der Waals surface area contributed by atoms with Gasteiger partial charge in [-0.2, -0.15) is 0 Å². The number of thioether (sulfide) groups is 1. The van der Waals surface area contributed by atoms with Gasteiger partial charge in [-0.15, -0.1) is 23.1 Å². The third-order valence-corrected chi connectivity index (χ3v) is 7.74. The number of oxime groups is 1. The van der Waals surface area contributed by atoms with Crippen LogP contribution in [0.5, 0.6) is 0 Å². The second-order valence-electron chi connectivity index (χ2n) is 8.93. The Balaban J connectivity index is 1.52. The lowest BCUT2D eigenvalue weighted by Gasteiger charge is -2.49. The molecule has 5 N–H and O–H groups in total. The summed E-state index contributed by atoms with van der Waals surface area (Å²) in [6.45, 7) is 3.02. The van der Waals surface area contributed by atoms with Gasteiger partial charge in [0.2, 0.25) is 5.60 Å². The molecule has 4 heterocycles. The summed E-state index contributed by atoms with van der Waals surface area (Å²) in [5.74, 6) is -3.73. The number of rotatable bonds is 10. The number of β-lactam (4-membered cyclic amide) rings is 1. The predicted octanol–water partition coefficient (Wildman–Crippen LogP) is 0.592. The number of nitrogens with two attached hydrogens (primary N) is 1. The van der Waals surface area contributed by atoms with Crippen molar-refractivity contribution < 1.29 is 38.8 Å². The maximum absolute atomic E-state index is 13.2. The van der Waals surface area contributed by atoms with Gasteiger partial charge in [0, 0.05) is 23.3 Å². The van der Waals surface area contributed by atoms with E-state index in [1.54, 1.807) is 6.08 Å². The number of carboxylic acids is 2. The Kier molecular flexibility index (Phi) is 8.01. The summed E-state index contributed by atoms with van der Waals surface area (Å²) in [7, 11) is 0. The molecule has 13 nitrogen and oxygen atoms in total. The van der Waals surface area contributed by atoms with E-state index in [2.05, 4.69) is 15.5 Å². The van der Waals surface area contributed by atoms with Gasteiger partial charge in [0.15, 0.2) is 29.8 Å². The van der Waals surface area contributed by atoms with E-state index in [9.17, 15) is 29.4 Å². The molecular formula is C24H25N6O7S2+. The van der Waals surface area contributed by atoms with E-state index in [4.69, 9.17) is 10.6 Å². The Hall–Kier alpha value is -4.24. The summed E-state index contributed by atoms with van der Waals surface area (Å²) < 4.78 is 1.91. The molecule has 0 radical (unpaired) electrons. The van der Waals surface area contributed by atoms with E-state index in [1.165, 1.54) is 31.0 Å². The first-order valence-electron chi connectivity index (χ1n) is 11.5. The number of hydrogen-bond acceptors (Lipinski definition) is 10. The van der Waals surface area contributed by atoms with Crippen LogP contribution in [0.25, 0.3) is 0 Å². The Bertz CT molecular complexity index is 1400. The highest BCUT2D eigenvalue weighted by Gasteiger charge is 2.54. The number of aromatic nitrogens is 2. The molecule has 2 aromatic heterocycles. The number of carbonyl (C=O) groups excluding carboxylic acids is 2. The van der Waals surface area contributed by atoms with E-state index in [0.29, 0.717) is 17.9 Å². The highest BCUT2D eigenvalue weighted by molar-refractivity contribution is 8.00. The largest absolute Gasteiger partial charge is 0.478 e. The number of carbonyl (C=O) groups is 4. The molecule has 0 aromatic carbocycles. The monoisotopic (exact) mass is 573 g/mol. The number of anilines is 1. The Morgan fingerprint density at radius 3 is 2.64 bits per heavy atom. The third kappa shape index (κ3) is 5.93. The summed E-state index contributed by atoms with van der Waals surface area (Å²) in [6, 6.07) is 4.60. The summed E-state index contributed by atoms with van der Waals surface area (Å²) in [5, 5.41) is 26.4. The average molecular weight is 574 g/mol. The van der Waals surface area contributed by atoms with Crippen molar-refractivity contribution in [2.24, 2.45) is 5.16 Å². The number of fused-ring (bicyclic) bond motifs is 1. The van der Waals surface area contributed by atoms with E-state index in [0.717, 1.165) is 16.2 Å². The van der Waals surface area contributed by atoms with Crippen molar-refractivity contribution in [3.63, 3.8) is 0 Å². The molecule has 2 aliphatic rings. The molecule has 2 aliphatic heterocycles. The number of allylic oxidation sites excluding steroid dienone is 2. The lowest BCUT2D eigenvalue weighted by molar-refractivity contribution is -0.687. The van der Waals surface area contributed by atoms with Crippen molar-refractivity contribution in [2.75, 3.05) is 11.5 Å². The molecule has 15 heteroatoms. The number of nitrogens with one attached hydrogen (secondary N) is 1. The fourth-order valence-electron chi connectivity index (χ4n) is 3.65. The fraction of sp³-hybridized carbons (Fsp3) is 0.292. The van der Waals surface area contributed by atoms with Crippen LogP contribution >= 0.6 is 23.1 Å². The highest BCUT2D eigenvalue weighted by atomic mass is 32.2. The first-order chi connectivity index (χ1) is 18.5. The zero-order valence-corrected chi connectivity index (χ0v) is 22.4. The number of nitrogen functional groups attached to an aromatic ring is 1. The molecule has 1 unspecified atom stereocenters. The minimum atomic E-state index is -1.75. The smallest absolute Gasteiger partial charge is 0.352 e. The fourth-order valence-corrected chi connectivity index (χ4v) is 5.52. The first-order valence-corrected chi connectivity index (χ1v) is 13.5. The molecule has 4 rings (SSSR count). The van der Waals surface area contributed by atoms with Crippen LogP contribution in [0.4, 0.5) is 5.13 Å². The van der Waals surface area contributed by atoms with E-state index < -0.39 is 40.8 Å². The molecular weight excluding hydrogens is 548 g/mol. The molecule has 1 saturated heterocycles. The molecule has 39 heavy (non-hydrogen) atoms. The minimum absolute atomic E-state index is 0.0333. The summed E-state index contributed by atoms with van der Waals surface area (Å²) in [6.07, 6.45) is 7.24. The normalized spacial score (nSPS) is 19.5. The number of nitrogens with zero attached hydrogens (tertiary/aromatic N) is 4. The van der Waals surface area contributed by atoms with Crippen LogP contribution < -0.4 is 15.6 Å². The Morgan fingerprint density at radius 1 is 1.31 bits per heavy atom. The van der Waals surface area contributed by atoms with Gasteiger partial charge in [-0.05, 0) is 25.5 Å². The second-order valence-corrected chi connectivity index (χ2v) is 10.9. The van der Waals surface area contributed by atoms with Crippen molar-refractivity contribution in [3.8, 4) is 0 Å². The number of carboxylic acid groups (broad SMARTS) is 2. The quantitative estimate of drug-likeness (QED) is 0.136. The maximum Gasteiger partial charge on any atom is 0.352 e. The van der Waals surface area contributed by atoms with E-state index >= 15 is 0 Å². The number of aliphatic carboxylic acids is 2. The zero-order chi connectivity index (χ0) is 28.3. The van der Waals surface area contributed by atoms with Crippen LogP contribution in [0.1, 0.15) is 19.5 Å². The summed E-state index contributed by atoms with van der Waals surface area (Å²) >= 11 is 2.34. The molecule has 0 saturated carbocycles. The van der Waals surface area contributed by atoms with Gasteiger partial charge in [-0.3, -0.25) is 14.5 Å². The number of pyridine rings is 1. The van der Waals surface area contributed by atoms with E-state index in [1.807, 2.05) is 41.2 Å². The number of thiazole rings is 1. The lowest BCUT2D eigenvalue weighted by atomic mass is 10.0. The number of hydrogen-bond donors (Lipinski definition) is 4. The van der Waals surface area contributed by atoms with Crippen LogP contribution in [0, 0.1) is 0 Å². The second kappa shape index (κ2) is 11.2. The standard InChI is InChI=1S/C24H24N6O7S2/c1-24(2,22(35)36)37-28-15(14-12-39-23(25)26-14)18(31)27-16-19(32)30-17(21(33)34)13(11-38-20(16)30)7-6-10-29-8-4-3-5-9-29/h3-9,12,16,20H,10-11H2,1-2H3,(H4-,25,26,27,31,33,34,35,36)/p+1/t16?,20-/m0/s1. The van der Waals surface area contributed by atoms with Crippen LogP contribution in [-0.4, -0.2) is 72.3 Å². The topological polar surface area (TPSA) is 188 Å². The van der Waals surface area contributed by atoms with Gasteiger partial charge in [0.05, 0.1) is 0 Å². The average Bonchev–Trinajstić information content (AvgIpc) is 3.32. The predicted molar refractivity (Wildman–Crippen MR) is 141 cm³/mol. The molecule has 0 spiro atoms. The molecule has 2 atom stereocenters. The van der Waals surface area contributed by atoms with Gasteiger partial charge < -0.3 is 26.1 Å². The molecule has 1 fully saturated rings. The molecule has 2 aromatic rings. The molecule has 204 valence electrons. The van der Waals surface area contributed by atoms with Gasteiger partial charge in [0.1, 0.15) is 22.8 Å². The maximum atomic E-state index is 13.2. The van der Waals surface area contributed by atoms with Crippen molar-refractivity contribution in [1.29, 1.82) is 0 Å². The molecule has 2 amide bonds. The van der Waals surface area contributed by atoms with Crippen LogP contribution in [-0.2, 0) is 30.6 Å². The van der Waals surface area contributed by atoms with Crippen molar-refractivity contribution in [3.05, 3.63) is 65.1 Å². The van der Waals surface area contributed by atoms with Crippen LogP contribution in [0.3, 0.4) is 0 Å². The van der Waals surface area contributed by atoms with E-state index in [-0.39, 0.29) is 22.2 Å². The van der Waals surface area contributed by atoms with Crippen molar-refractivity contribution >= 4 is 57.7 Å². The zero-order valence-electron chi connectivity index (χ0n) is 20.8. The minimum Gasteiger partial charge on any atom is -0.478 e. The summed E-state index contributed by atoms with van der Waals surface area (Å²) in [5.41, 5.74) is 3.91. The van der Waals surface area contributed by atoms with Gasteiger partial charge >= 0.3 is 11.9 Å². The number of amides is 2. The van der Waals surface area contributed by atoms with Gasteiger partial charge in [-0.25, -0.2) is 19.1 Å². The molecule has 0 aliphatic carbocycles. The lowest BCUT2D eigenvalue weighted by Crippen LogP contribution is -2.71. The first kappa shape index (κ1) is 27.8. The van der Waals surface area contributed by atoms with Crippen LogP contribution in [0.15, 0.2) is 64.6 Å². The third-order valence-electron chi connectivity index (χ3n) is 5.76. The van der Waals surface area contributed by atoms with Gasteiger partial charge in [-0.1, -0.05) is 17.3 Å². The van der Waals surface area contributed by atoms with Crippen molar-refractivity contribution in [1.82, 2.24) is 15.2 Å². The highest BCUT2D eigenvalue weighted by Crippen LogP contribution is 2.40. The molecule has 0 bridgehead atoms. The SMILES string of the molecule is CC(C)(ON=C(C(=O)NC1C(=O)N2C(C(=O)O)=C(C=CC[n+]3ccccc3)CS[C@@H]12)c1csc(N)n1)C(=O)O. The van der Waals surface area contributed by atoms with Crippen molar-refractivity contribution in [2.45, 2.75) is 37.4 Å². The summed E-state index contributed by atoms with van der Waals surface area (Å²) in [4.78, 5) is 59.9. The Morgan fingerprint density at radius 2 is 2.03 bits per heavy atom.